The average Bonchev–Trinajstić information content (AvgIpc) is 2.70. The summed E-state index contributed by atoms with van der Waals surface area (Å²) in [4.78, 5) is 28.8. The van der Waals surface area contributed by atoms with E-state index in [0.717, 1.165) is 5.56 Å². The summed E-state index contributed by atoms with van der Waals surface area (Å²) in [5, 5.41) is 10.3. The lowest BCUT2D eigenvalue weighted by Crippen LogP contribution is -2.23. The number of carboxylic acid groups (broad SMARTS) is 1. The van der Waals surface area contributed by atoms with Gasteiger partial charge in [0.15, 0.2) is 5.43 Å². The molecule has 0 aliphatic carbocycles. The molecular weight excluding hydrogens is 415 g/mol. The van der Waals surface area contributed by atoms with Crippen LogP contribution >= 0.6 is 23.2 Å². The first kappa shape index (κ1) is 20.9. The minimum atomic E-state index is -1.30. The van der Waals surface area contributed by atoms with Crippen molar-refractivity contribution in [2.24, 2.45) is 0 Å². The number of halogens is 2. The van der Waals surface area contributed by atoms with Crippen molar-refractivity contribution in [2.45, 2.75) is 19.9 Å². The van der Waals surface area contributed by atoms with Crippen molar-refractivity contribution in [3.63, 3.8) is 0 Å². The van der Waals surface area contributed by atoms with Gasteiger partial charge >= 0.3 is 5.97 Å². The molecule has 2 aromatic heterocycles. The highest BCUT2D eigenvalue weighted by Gasteiger charge is 2.22. The third kappa shape index (κ3) is 4.28. The smallest absolute Gasteiger partial charge is 0.341 e. The van der Waals surface area contributed by atoms with Gasteiger partial charge in [0, 0.05) is 42.6 Å². The summed E-state index contributed by atoms with van der Waals surface area (Å²) in [5.41, 5.74) is 1.45. The molecule has 2 heterocycles. The highest BCUT2D eigenvalue weighted by molar-refractivity contribution is 6.42. The maximum atomic E-state index is 12.7. The summed E-state index contributed by atoms with van der Waals surface area (Å²) in [5.74, 6) is -0.810. The molecule has 0 amide bonds. The molecule has 0 saturated heterocycles. The highest BCUT2D eigenvalue weighted by atomic mass is 35.5. The molecule has 1 N–H and O–H groups in total. The number of pyridine rings is 2. The number of methoxy groups -OCH3 is 1. The molecule has 0 atom stereocenters. The molecule has 0 saturated carbocycles. The van der Waals surface area contributed by atoms with E-state index in [-0.39, 0.29) is 10.6 Å². The lowest BCUT2D eigenvalue weighted by molar-refractivity contribution is 0.0695. The number of carbonyl (C=O) groups is 1. The molecule has 0 aliphatic rings. The minimum Gasteiger partial charge on any atom is -0.481 e. The summed E-state index contributed by atoms with van der Waals surface area (Å²) < 4.78 is 6.87. The third-order valence-corrected chi connectivity index (χ3v) is 5.25. The molecule has 0 aliphatic heterocycles. The molecule has 1 aromatic carbocycles. The van der Waals surface area contributed by atoms with Gasteiger partial charge in [0.05, 0.1) is 22.8 Å². The molecule has 0 unspecified atom stereocenters. The van der Waals surface area contributed by atoms with E-state index in [2.05, 4.69) is 4.98 Å². The summed E-state index contributed by atoms with van der Waals surface area (Å²) in [7, 11) is 1.53. The van der Waals surface area contributed by atoms with Crippen LogP contribution in [0.4, 0.5) is 0 Å². The van der Waals surface area contributed by atoms with Crippen LogP contribution in [0.1, 0.15) is 28.5 Å². The number of aromatic nitrogens is 2. The van der Waals surface area contributed by atoms with Crippen LogP contribution in [0, 0.1) is 0 Å². The number of rotatable bonds is 6. The predicted molar refractivity (Wildman–Crippen MR) is 112 cm³/mol. The Balaban J connectivity index is 2.22. The summed E-state index contributed by atoms with van der Waals surface area (Å²) in [6.45, 7) is 2.34. The maximum absolute atomic E-state index is 12.7. The van der Waals surface area contributed by atoms with Crippen molar-refractivity contribution in [3.8, 4) is 17.1 Å². The molecule has 3 aromatic rings. The van der Waals surface area contributed by atoms with E-state index < -0.39 is 11.4 Å². The first-order valence-corrected chi connectivity index (χ1v) is 9.55. The molecule has 0 radical (unpaired) electrons. The van der Waals surface area contributed by atoms with Crippen molar-refractivity contribution in [2.75, 3.05) is 7.11 Å². The Morgan fingerprint density at radius 1 is 1.17 bits per heavy atom. The van der Waals surface area contributed by atoms with Crippen molar-refractivity contribution >= 4 is 29.2 Å². The maximum Gasteiger partial charge on any atom is 0.341 e. The summed E-state index contributed by atoms with van der Waals surface area (Å²) in [6.07, 6.45) is 2.06. The van der Waals surface area contributed by atoms with E-state index in [1.54, 1.807) is 35.0 Å². The predicted octanol–water partition coefficient (Wildman–Crippen LogP) is 4.53. The second kappa shape index (κ2) is 8.68. The monoisotopic (exact) mass is 432 g/mol. The zero-order chi connectivity index (χ0) is 21.1. The van der Waals surface area contributed by atoms with Gasteiger partial charge in [-0.1, -0.05) is 35.3 Å². The second-order valence-corrected chi connectivity index (χ2v) is 7.10. The van der Waals surface area contributed by atoms with Gasteiger partial charge in [0.1, 0.15) is 5.56 Å². The van der Waals surface area contributed by atoms with E-state index in [1.807, 2.05) is 13.0 Å². The number of aromatic carboxylic acids is 1. The zero-order valence-electron chi connectivity index (χ0n) is 15.8. The fraction of sp³-hybridized carbons (Fsp3) is 0.190. The first-order valence-electron chi connectivity index (χ1n) is 8.80. The molecule has 6 nitrogen and oxygen atoms in total. The van der Waals surface area contributed by atoms with Crippen molar-refractivity contribution in [1.82, 2.24) is 9.55 Å². The SMILES string of the molecule is CCn1c(Cc2ccc(OC)nc2)cc(=O)c(C(=O)O)c1-c1ccc(Cl)c(Cl)c1. The van der Waals surface area contributed by atoms with Gasteiger partial charge in [-0.3, -0.25) is 4.79 Å². The third-order valence-electron chi connectivity index (χ3n) is 4.51. The zero-order valence-corrected chi connectivity index (χ0v) is 17.3. The standard InChI is InChI=1S/C21H18Cl2N2O4/c1-3-25-14(8-12-4-7-18(29-2)24-11-12)10-17(26)19(21(27)28)20(25)13-5-6-15(22)16(23)9-13/h4-7,9-11H,3,8H2,1-2H3,(H,27,28). The number of hydrogen-bond donors (Lipinski definition) is 1. The number of benzene rings is 1. The number of hydrogen-bond acceptors (Lipinski definition) is 4. The fourth-order valence-electron chi connectivity index (χ4n) is 3.20. The number of ether oxygens (including phenoxy) is 1. The van der Waals surface area contributed by atoms with Gasteiger partial charge in [-0.15, -0.1) is 0 Å². The Hall–Kier alpha value is -2.83. The summed E-state index contributed by atoms with van der Waals surface area (Å²) >= 11 is 12.1. The Kier molecular flexibility index (Phi) is 6.25. The molecule has 0 spiro atoms. The molecule has 29 heavy (non-hydrogen) atoms. The van der Waals surface area contributed by atoms with Gasteiger partial charge in [0.2, 0.25) is 5.88 Å². The van der Waals surface area contributed by atoms with E-state index in [1.165, 1.54) is 13.2 Å². The molecule has 0 bridgehead atoms. The van der Waals surface area contributed by atoms with Crippen molar-refractivity contribution in [1.29, 1.82) is 0 Å². The lowest BCUT2D eigenvalue weighted by atomic mass is 10.0. The van der Waals surface area contributed by atoms with Gasteiger partial charge in [-0.25, -0.2) is 9.78 Å². The van der Waals surface area contributed by atoms with E-state index in [0.29, 0.717) is 40.8 Å². The van der Waals surface area contributed by atoms with Crippen LogP contribution < -0.4 is 10.2 Å². The normalized spacial score (nSPS) is 10.8. The van der Waals surface area contributed by atoms with Crippen LogP contribution in [0.15, 0.2) is 47.4 Å². The largest absolute Gasteiger partial charge is 0.481 e. The first-order chi connectivity index (χ1) is 13.8. The number of nitrogens with zero attached hydrogens (tertiary/aromatic N) is 2. The molecule has 8 heteroatoms. The molecular formula is C21H18Cl2N2O4. The fourth-order valence-corrected chi connectivity index (χ4v) is 3.50. The molecule has 3 rings (SSSR count). The van der Waals surface area contributed by atoms with Crippen molar-refractivity contribution < 1.29 is 14.6 Å². The van der Waals surface area contributed by atoms with Crippen LogP contribution in [0.5, 0.6) is 5.88 Å². The Morgan fingerprint density at radius 3 is 2.48 bits per heavy atom. The molecule has 150 valence electrons. The van der Waals surface area contributed by atoms with Gasteiger partial charge in [0.25, 0.3) is 0 Å². The van der Waals surface area contributed by atoms with Crippen molar-refractivity contribution in [3.05, 3.63) is 79.7 Å². The van der Waals surface area contributed by atoms with Gasteiger partial charge < -0.3 is 14.4 Å². The van der Waals surface area contributed by atoms with E-state index in [4.69, 9.17) is 27.9 Å². The second-order valence-electron chi connectivity index (χ2n) is 6.29. The lowest BCUT2D eigenvalue weighted by Gasteiger charge is -2.20. The average molecular weight is 433 g/mol. The number of carboxylic acids is 1. The Labute approximate surface area is 177 Å². The van der Waals surface area contributed by atoms with E-state index in [9.17, 15) is 14.7 Å². The van der Waals surface area contributed by atoms with Gasteiger partial charge in [-0.2, -0.15) is 0 Å². The topological polar surface area (TPSA) is 81.4 Å². The van der Waals surface area contributed by atoms with Crippen LogP contribution in [-0.2, 0) is 13.0 Å². The van der Waals surface area contributed by atoms with Crippen LogP contribution in [0.2, 0.25) is 10.0 Å². The highest BCUT2D eigenvalue weighted by Crippen LogP contribution is 2.31. The summed E-state index contributed by atoms with van der Waals surface area (Å²) in [6, 6.07) is 9.74. The van der Waals surface area contributed by atoms with Crippen LogP contribution in [-0.4, -0.2) is 27.7 Å². The van der Waals surface area contributed by atoms with E-state index >= 15 is 0 Å². The van der Waals surface area contributed by atoms with Gasteiger partial charge in [-0.05, 0) is 24.6 Å². The van der Waals surface area contributed by atoms with Crippen LogP contribution in [0.25, 0.3) is 11.3 Å². The Morgan fingerprint density at radius 2 is 1.93 bits per heavy atom. The quantitative estimate of drug-likeness (QED) is 0.618. The minimum absolute atomic E-state index is 0.278. The molecule has 0 fully saturated rings. The Bertz CT molecular complexity index is 1120. The van der Waals surface area contributed by atoms with Crippen LogP contribution in [0.3, 0.4) is 0 Å².